The molecule has 1 aromatic carbocycles. The van der Waals surface area contributed by atoms with Crippen LogP contribution in [0.25, 0.3) is 10.9 Å². The Bertz CT molecular complexity index is 559. The van der Waals surface area contributed by atoms with Crippen molar-refractivity contribution in [2.75, 3.05) is 6.54 Å². The van der Waals surface area contributed by atoms with E-state index in [0.717, 1.165) is 30.4 Å². The number of nitrogens with zero attached hydrogens (tertiary/aromatic N) is 1. The molecule has 0 saturated heterocycles. The molecule has 1 fully saturated rings. The fourth-order valence-electron chi connectivity index (χ4n) is 3.40. The number of rotatable bonds is 4. The van der Waals surface area contributed by atoms with Gasteiger partial charge in [0, 0.05) is 18.1 Å². The molecular weight excluding hydrogens is 244 g/mol. The van der Waals surface area contributed by atoms with Crippen molar-refractivity contribution in [1.82, 2.24) is 10.3 Å². The van der Waals surface area contributed by atoms with Crippen LogP contribution in [0.2, 0.25) is 0 Å². The molecule has 2 unspecified atom stereocenters. The Labute approximate surface area is 121 Å². The second kappa shape index (κ2) is 6.36. The Balaban J connectivity index is 1.62. The van der Waals surface area contributed by atoms with Gasteiger partial charge < -0.3 is 5.32 Å². The van der Waals surface area contributed by atoms with Crippen LogP contribution in [0.1, 0.15) is 38.2 Å². The van der Waals surface area contributed by atoms with Gasteiger partial charge in [-0.25, -0.2) is 0 Å². The number of nitrogens with one attached hydrogen (secondary N) is 1. The minimum absolute atomic E-state index is 0.853. The fraction of sp³-hybridized carbons (Fsp3) is 0.500. The van der Waals surface area contributed by atoms with Gasteiger partial charge in [0.1, 0.15) is 0 Å². The molecule has 0 spiro atoms. The predicted octanol–water partition coefficient (Wildman–Crippen LogP) is 4.15. The number of hydrogen-bond donors (Lipinski definition) is 1. The van der Waals surface area contributed by atoms with Gasteiger partial charge in [-0.3, -0.25) is 4.98 Å². The van der Waals surface area contributed by atoms with Crippen molar-refractivity contribution in [3.05, 3.63) is 42.1 Å². The molecule has 0 radical (unpaired) electrons. The van der Waals surface area contributed by atoms with Crippen molar-refractivity contribution in [3.8, 4) is 0 Å². The van der Waals surface area contributed by atoms with Gasteiger partial charge in [0.2, 0.25) is 0 Å². The molecule has 2 atom stereocenters. The van der Waals surface area contributed by atoms with Gasteiger partial charge in [0.15, 0.2) is 0 Å². The summed E-state index contributed by atoms with van der Waals surface area (Å²) in [6, 6.07) is 10.6. The summed E-state index contributed by atoms with van der Waals surface area (Å²) < 4.78 is 0. The van der Waals surface area contributed by atoms with Crippen molar-refractivity contribution in [3.63, 3.8) is 0 Å². The highest BCUT2D eigenvalue weighted by molar-refractivity contribution is 5.81. The average Bonchev–Trinajstić information content (AvgIpc) is 2.49. The number of benzene rings is 1. The first-order valence-corrected chi connectivity index (χ1v) is 7.88. The summed E-state index contributed by atoms with van der Waals surface area (Å²) >= 11 is 0. The van der Waals surface area contributed by atoms with E-state index >= 15 is 0 Å². The van der Waals surface area contributed by atoms with Crippen LogP contribution in [-0.4, -0.2) is 11.5 Å². The van der Waals surface area contributed by atoms with Crippen LogP contribution in [-0.2, 0) is 6.54 Å². The maximum atomic E-state index is 4.52. The number of para-hydroxylation sites is 1. The van der Waals surface area contributed by atoms with Gasteiger partial charge >= 0.3 is 0 Å². The van der Waals surface area contributed by atoms with Crippen molar-refractivity contribution in [2.24, 2.45) is 11.8 Å². The van der Waals surface area contributed by atoms with E-state index in [4.69, 9.17) is 0 Å². The zero-order chi connectivity index (χ0) is 13.8. The maximum absolute atomic E-state index is 4.52. The Hall–Kier alpha value is -1.41. The Morgan fingerprint density at radius 3 is 2.90 bits per heavy atom. The smallest absolute Gasteiger partial charge is 0.0746 e. The van der Waals surface area contributed by atoms with E-state index in [1.54, 1.807) is 0 Å². The number of pyridine rings is 1. The highest BCUT2D eigenvalue weighted by Crippen LogP contribution is 2.29. The summed E-state index contributed by atoms with van der Waals surface area (Å²) in [6.45, 7) is 4.48. The highest BCUT2D eigenvalue weighted by Gasteiger charge is 2.20. The predicted molar refractivity (Wildman–Crippen MR) is 84.6 cm³/mol. The largest absolute Gasteiger partial charge is 0.312 e. The van der Waals surface area contributed by atoms with E-state index < -0.39 is 0 Å². The van der Waals surface area contributed by atoms with Gasteiger partial charge in [-0.05, 0) is 36.4 Å². The topological polar surface area (TPSA) is 24.9 Å². The second-order valence-corrected chi connectivity index (χ2v) is 6.14. The van der Waals surface area contributed by atoms with E-state index in [1.165, 1.54) is 36.6 Å². The van der Waals surface area contributed by atoms with Gasteiger partial charge in [-0.2, -0.15) is 0 Å². The molecule has 1 aromatic heterocycles. The molecule has 1 aliphatic carbocycles. The summed E-state index contributed by atoms with van der Waals surface area (Å²) in [5.74, 6) is 1.73. The molecule has 0 amide bonds. The molecule has 2 heteroatoms. The standard InChI is InChI=1S/C18H24N2/c1-14-6-2-3-7-16(14)12-19-13-17-9-4-8-15-10-5-11-20-18(15)17/h4-5,8-11,14,16,19H,2-3,6-7,12-13H2,1H3. The van der Waals surface area contributed by atoms with Crippen LogP contribution >= 0.6 is 0 Å². The third-order valence-electron chi connectivity index (χ3n) is 4.73. The lowest BCUT2D eigenvalue weighted by Crippen LogP contribution is -2.29. The van der Waals surface area contributed by atoms with E-state index in [9.17, 15) is 0 Å². The Kier molecular flexibility index (Phi) is 4.31. The van der Waals surface area contributed by atoms with Crippen LogP contribution in [0.4, 0.5) is 0 Å². The molecule has 1 heterocycles. The van der Waals surface area contributed by atoms with Gasteiger partial charge in [0.05, 0.1) is 5.52 Å². The lowest BCUT2D eigenvalue weighted by Gasteiger charge is -2.29. The van der Waals surface area contributed by atoms with Crippen LogP contribution in [0.5, 0.6) is 0 Å². The minimum Gasteiger partial charge on any atom is -0.312 e. The Morgan fingerprint density at radius 1 is 1.15 bits per heavy atom. The zero-order valence-electron chi connectivity index (χ0n) is 12.3. The lowest BCUT2D eigenvalue weighted by molar-refractivity contribution is 0.248. The highest BCUT2D eigenvalue weighted by atomic mass is 14.9. The van der Waals surface area contributed by atoms with Crippen LogP contribution in [0.3, 0.4) is 0 Å². The molecule has 2 aromatic rings. The average molecular weight is 268 g/mol. The molecule has 0 bridgehead atoms. The van der Waals surface area contributed by atoms with E-state index in [-0.39, 0.29) is 0 Å². The molecule has 20 heavy (non-hydrogen) atoms. The first-order chi connectivity index (χ1) is 9.84. The fourth-order valence-corrected chi connectivity index (χ4v) is 3.40. The van der Waals surface area contributed by atoms with Gasteiger partial charge in [-0.15, -0.1) is 0 Å². The molecule has 1 N–H and O–H groups in total. The molecule has 106 valence electrons. The van der Waals surface area contributed by atoms with Crippen molar-refractivity contribution < 1.29 is 0 Å². The molecule has 1 aliphatic rings. The lowest BCUT2D eigenvalue weighted by atomic mass is 9.80. The van der Waals surface area contributed by atoms with E-state index in [0.29, 0.717) is 0 Å². The summed E-state index contributed by atoms with van der Waals surface area (Å²) in [6.07, 6.45) is 7.51. The second-order valence-electron chi connectivity index (χ2n) is 6.14. The molecule has 3 rings (SSSR count). The molecule has 0 aliphatic heterocycles. The summed E-state index contributed by atoms with van der Waals surface area (Å²) in [7, 11) is 0. The maximum Gasteiger partial charge on any atom is 0.0746 e. The van der Waals surface area contributed by atoms with Crippen LogP contribution < -0.4 is 5.32 Å². The van der Waals surface area contributed by atoms with Crippen molar-refractivity contribution in [1.29, 1.82) is 0 Å². The van der Waals surface area contributed by atoms with Gasteiger partial charge in [0.25, 0.3) is 0 Å². The van der Waals surface area contributed by atoms with Crippen LogP contribution in [0, 0.1) is 11.8 Å². The summed E-state index contributed by atoms with van der Waals surface area (Å²) in [4.78, 5) is 4.52. The SMILES string of the molecule is CC1CCCCC1CNCc1cccc2cccnc12. The summed E-state index contributed by atoms with van der Waals surface area (Å²) in [5.41, 5.74) is 2.45. The minimum atomic E-state index is 0.853. The normalized spacial score (nSPS) is 23.1. The third kappa shape index (κ3) is 3.01. The monoisotopic (exact) mass is 268 g/mol. The quantitative estimate of drug-likeness (QED) is 0.901. The first kappa shape index (κ1) is 13.6. The number of hydrogen-bond acceptors (Lipinski definition) is 2. The van der Waals surface area contributed by atoms with E-state index in [1.807, 2.05) is 12.3 Å². The molecule has 2 nitrogen and oxygen atoms in total. The van der Waals surface area contributed by atoms with Gasteiger partial charge in [-0.1, -0.05) is 50.5 Å². The third-order valence-corrected chi connectivity index (χ3v) is 4.73. The number of fused-ring (bicyclic) bond motifs is 1. The Morgan fingerprint density at radius 2 is 2.00 bits per heavy atom. The summed E-state index contributed by atoms with van der Waals surface area (Å²) in [5, 5.41) is 4.89. The zero-order valence-corrected chi connectivity index (χ0v) is 12.3. The van der Waals surface area contributed by atoms with Crippen molar-refractivity contribution >= 4 is 10.9 Å². The molecular formula is C18H24N2. The van der Waals surface area contributed by atoms with Crippen LogP contribution in [0.15, 0.2) is 36.5 Å². The van der Waals surface area contributed by atoms with Crippen molar-refractivity contribution in [2.45, 2.75) is 39.2 Å². The molecule has 1 saturated carbocycles. The number of aromatic nitrogens is 1. The first-order valence-electron chi connectivity index (χ1n) is 7.88. The van der Waals surface area contributed by atoms with E-state index in [2.05, 4.69) is 41.5 Å².